The van der Waals surface area contributed by atoms with Crippen LogP contribution in [0, 0.1) is 11.3 Å². The second-order valence-electron chi connectivity index (χ2n) is 6.04. The molecule has 0 saturated carbocycles. The highest BCUT2D eigenvalue weighted by Crippen LogP contribution is 2.29. The van der Waals surface area contributed by atoms with E-state index in [1.807, 2.05) is 18.7 Å². The van der Waals surface area contributed by atoms with Gasteiger partial charge in [-0.3, -0.25) is 9.59 Å². The largest absolute Gasteiger partial charge is 0.342 e. The molecule has 1 atom stereocenters. The lowest BCUT2D eigenvalue weighted by atomic mass is 9.81. The van der Waals surface area contributed by atoms with Crippen LogP contribution in [0.1, 0.15) is 40.5 Å². The van der Waals surface area contributed by atoms with E-state index in [4.69, 9.17) is 0 Å². The Hall–Kier alpha value is -1.06. The zero-order valence-electron chi connectivity index (χ0n) is 12.1. The Bertz CT molecular complexity index is 294. The molecule has 1 fully saturated rings. The van der Waals surface area contributed by atoms with Gasteiger partial charge in [0.05, 0.1) is 0 Å². The van der Waals surface area contributed by atoms with E-state index in [1.165, 1.54) is 0 Å². The Morgan fingerprint density at radius 1 is 1.28 bits per heavy atom. The normalized spacial score (nSPS) is 18.7. The number of rotatable bonds is 5. The second kappa shape index (κ2) is 6.21. The van der Waals surface area contributed by atoms with E-state index in [1.54, 1.807) is 4.90 Å². The third-order valence-electron chi connectivity index (χ3n) is 3.89. The van der Waals surface area contributed by atoms with Gasteiger partial charge in [0.2, 0.25) is 12.3 Å². The van der Waals surface area contributed by atoms with Crippen molar-refractivity contribution in [2.24, 2.45) is 11.3 Å². The summed E-state index contributed by atoms with van der Waals surface area (Å²) in [6, 6.07) is 0. The fourth-order valence-electron chi connectivity index (χ4n) is 2.56. The van der Waals surface area contributed by atoms with Gasteiger partial charge >= 0.3 is 0 Å². The van der Waals surface area contributed by atoms with Crippen molar-refractivity contribution < 1.29 is 9.59 Å². The summed E-state index contributed by atoms with van der Waals surface area (Å²) in [6.07, 6.45) is 2.90. The number of nitrogens with zero attached hydrogens (tertiary/aromatic N) is 2. The summed E-state index contributed by atoms with van der Waals surface area (Å²) in [6.45, 7) is 11.1. The third-order valence-corrected chi connectivity index (χ3v) is 3.89. The van der Waals surface area contributed by atoms with Crippen LogP contribution in [-0.2, 0) is 9.59 Å². The highest BCUT2D eigenvalue weighted by atomic mass is 16.2. The monoisotopic (exact) mass is 254 g/mol. The fraction of sp³-hybridized carbons (Fsp3) is 0.857. The molecule has 0 spiro atoms. The van der Waals surface area contributed by atoms with Crippen LogP contribution in [0.15, 0.2) is 0 Å². The van der Waals surface area contributed by atoms with Crippen LogP contribution in [0.4, 0.5) is 0 Å². The Labute approximate surface area is 110 Å². The van der Waals surface area contributed by atoms with E-state index in [2.05, 4.69) is 13.8 Å². The molecule has 1 aliphatic rings. The van der Waals surface area contributed by atoms with Gasteiger partial charge in [-0.1, -0.05) is 34.1 Å². The van der Waals surface area contributed by atoms with Gasteiger partial charge in [0.15, 0.2) is 0 Å². The molecule has 1 saturated heterocycles. The first-order valence-electron chi connectivity index (χ1n) is 6.89. The number of hydrogen-bond acceptors (Lipinski definition) is 2. The van der Waals surface area contributed by atoms with Crippen molar-refractivity contribution in [1.29, 1.82) is 0 Å². The summed E-state index contributed by atoms with van der Waals surface area (Å²) < 4.78 is 0. The lowest BCUT2D eigenvalue weighted by Gasteiger charge is -2.38. The summed E-state index contributed by atoms with van der Waals surface area (Å²) in [5.74, 6) is 0.800. The topological polar surface area (TPSA) is 40.6 Å². The van der Waals surface area contributed by atoms with Gasteiger partial charge in [0, 0.05) is 31.6 Å². The molecule has 0 aliphatic carbocycles. The van der Waals surface area contributed by atoms with Crippen LogP contribution >= 0.6 is 0 Å². The standard InChI is InChI=1S/C14H26N2O2/c1-5-12(2)10-14(3,4)13(18)16-8-6-15(11-17)7-9-16/h11-12H,5-10H2,1-4H3. The molecular weight excluding hydrogens is 228 g/mol. The fourth-order valence-corrected chi connectivity index (χ4v) is 2.56. The summed E-state index contributed by atoms with van der Waals surface area (Å²) in [5.41, 5.74) is -0.293. The Kier molecular flexibility index (Phi) is 5.17. The van der Waals surface area contributed by atoms with E-state index >= 15 is 0 Å². The number of piperazine rings is 1. The van der Waals surface area contributed by atoms with Crippen molar-refractivity contribution >= 4 is 12.3 Å². The molecule has 0 aromatic rings. The summed E-state index contributed by atoms with van der Waals surface area (Å²) in [7, 11) is 0. The van der Waals surface area contributed by atoms with Gasteiger partial charge in [-0.05, 0) is 12.3 Å². The zero-order chi connectivity index (χ0) is 13.8. The number of amides is 2. The molecule has 104 valence electrons. The summed E-state index contributed by atoms with van der Waals surface area (Å²) >= 11 is 0. The quantitative estimate of drug-likeness (QED) is 0.701. The average Bonchev–Trinajstić information content (AvgIpc) is 2.37. The number of carbonyl (C=O) groups excluding carboxylic acids is 2. The molecule has 4 nitrogen and oxygen atoms in total. The maximum absolute atomic E-state index is 12.5. The van der Waals surface area contributed by atoms with Crippen molar-refractivity contribution in [1.82, 2.24) is 9.80 Å². The zero-order valence-corrected chi connectivity index (χ0v) is 12.1. The van der Waals surface area contributed by atoms with Crippen LogP contribution < -0.4 is 0 Å². The van der Waals surface area contributed by atoms with Crippen molar-refractivity contribution in [3.8, 4) is 0 Å². The maximum atomic E-state index is 12.5. The minimum Gasteiger partial charge on any atom is -0.342 e. The van der Waals surface area contributed by atoms with Crippen molar-refractivity contribution in [3.63, 3.8) is 0 Å². The van der Waals surface area contributed by atoms with Gasteiger partial charge < -0.3 is 9.80 Å². The van der Waals surface area contributed by atoms with Crippen LogP contribution in [0.5, 0.6) is 0 Å². The van der Waals surface area contributed by atoms with Gasteiger partial charge in [-0.25, -0.2) is 0 Å². The molecule has 0 N–H and O–H groups in total. The van der Waals surface area contributed by atoms with E-state index in [9.17, 15) is 9.59 Å². The third kappa shape index (κ3) is 3.72. The van der Waals surface area contributed by atoms with E-state index < -0.39 is 0 Å². The highest BCUT2D eigenvalue weighted by Gasteiger charge is 2.34. The summed E-state index contributed by atoms with van der Waals surface area (Å²) in [4.78, 5) is 26.8. The second-order valence-corrected chi connectivity index (χ2v) is 6.04. The van der Waals surface area contributed by atoms with Crippen LogP contribution in [0.25, 0.3) is 0 Å². The van der Waals surface area contributed by atoms with Gasteiger partial charge in [-0.15, -0.1) is 0 Å². The Balaban J connectivity index is 2.55. The van der Waals surface area contributed by atoms with Crippen LogP contribution in [-0.4, -0.2) is 48.3 Å². The predicted octanol–water partition coefficient (Wildman–Crippen LogP) is 1.75. The molecule has 18 heavy (non-hydrogen) atoms. The smallest absolute Gasteiger partial charge is 0.228 e. The van der Waals surface area contributed by atoms with E-state index in [0.717, 1.165) is 19.3 Å². The molecule has 1 aliphatic heterocycles. The van der Waals surface area contributed by atoms with Crippen LogP contribution in [0.3, 0.4) is 0 Å². The molecule has 0 aromatic heterocycles. The van der Waals surface area contributed by atoms with Gasteiger partial charge in [0.1, 0.15) is 0 Å². The van der Waals surface area contributed by atoms with E-state index in [0.29, 0.717) is 32.1 Å². The average molecular weight is 254 g/mol. The molecule has 1 heterocycles. The highest BCUT2D eigenvalue weighted by molar-refractivity contribution is 5.82. The van der Waals surface area contributed by atoms with Gasteiger partial charge in [0.25, 0.3) is 0 Å². The minimum absolute atomic E-state index is 0.230. The first-order valence-corrected chi connectivity index (χ1v) is 6.89. The lowest BCUT2D eigenvalue weighted by molar-refractivity contribution is -0.144. The molecule has 0 bridgehead atoms. The molecule has 1 rings (SSSR count). The molecule has 0 aromatic carbocycles. The molecule has 2 amide bonds. The van der Waals surface area contributed by atoms with Gasteiger partial charge in [-0.2, -0.15) is 0 Å². The van der Waals surface area contributed by atoms with Crippen LogP contribution in [0.2, 0.25) is 0 Å². The number of hydrogen-bond donors (Lipinski definition) is 0. The van der Waals surface area contributed by atoms with E-state index in [-0.39, 0.29) is 11.3 Å². The minimum atomic E-state index is -0.293. The molecule has 4 heteroatoms. The Morgan fingerprint density at radius 2 is 1.83 bits per heavy atom. The Morgan fingerprint density at radius 3 is 2.28 bits per heavy atom. The predicted molar refractivity (Wildman–Crippen MR) is 72.1 cm³/mol. The molecular formula is C14H26N2O2. The molecule has 0 radical (unpaired) electrons. The lowest BCUT2D eigenvalue weighted by Crippen LogP contribution is -2.51. The summed E-state index contributed by atoms with van der Waals surface area (Å²) in [5, 5.41) is 0. The van der Waals surface area contributed by atoms with Crippen molar-refractivity contribution in [2.75, 3.05) is 26.2 Å². The van der Waals surface area contributed by atoms with Crippen molar-refractivity contribution in [2.45, 2.75) is 40.5 Å². The SMILES string of the molecule is CCC(C)CC(C)(C)C(=O)N1CCN(C=O)CC1. The first-order chi connectivity index (χ1) is 8.40. The maximum Gasteiger partial charge on any atom is 0.228 e. The first kappa shape index (κ1) is 15.0. The molecule has 1 unspecified atom stereocenters. The number of carbonyl (C=O) groups is 2. The van der Waals surface area contributed by atoms with Crippen molar-refractivity contribution in [3.05, 3.63) is 0 Å².